The molecule has 0 atom stereocenters. The Morgan fingerprint density at radius 3 is 2.71 bits per heavy atom. The third-order valence-corrected chi connectivity index (χ3v) is 3.85. The predicted molar refractivity (Wildman–Crippen MR) is 84.9 cm³/mol. The molecule has 0 fully saturated rings. The number of fused-ring (bicyclic) bond motifs is 1. The standard InChI is InChI=1S/C17H14FN3O3/c1-19-13-4-10(18)3-12-11(13)5-15(23)16(17(12)24)14(22)2-9-6-20-8-21-7-9/h3-4,6-8,19,24H,2,5H2,1H3. The summed E-state index contributed by atoms with van der Waals surface area (Å²) in [6, 6.07) is 2.37. The van der Waals surface area contributed by atoms with Crippen LogP contribution < -0.4 is 5.32 Å². The van der Waals surface area contributed by atoms with Crippen LogP contribution in [0.2, 0.25) is 0 Å². The van der Waals surface area contributed by atoms with Gasteiger partial charge in [0.25, 0.3) is 0 Å². The number of aliphatic hydroxyl groups is 1. The molecule has 1 aliphatic carbocycles. The maximum atomic E-state index is 13.7. The number of carbonyl (C=O) groups excluding carboxylic acids is 2. The van der Waals surface area contributed by atoms with E-state index >= 15 is 0 Å². The summed E-state index contributed by atoms with van der Waals surface area (Å²) in [5, 5.41) is 13.2. The third kappa shape index (κ3) is 2.76. The Hall–Kier alpha value is -3.09. The van der Waals surface area contributed by atoms with Crippen molar-refractivity contribution in [3.63, 3.8) is 0 Å². The lowest BCUT2D eigenvalue weighted by molar-refractivity contribution is -0.120. The van der Waals surface area contributed by atoms with Crippen LogP contribution in [0.1, 0.15) is 16.7 Å². The van der Waals surface area contributed by atoms with Crippen LogP contribution in [-0.4, -0.2) is 33.7 Å². The normalized spacial score (nSPS) is 13.7. The van der Waals surface area contributed by atoms with Gasteiger partial charge in [-0.1, -0.05) is 0 Å². The van der Waals surface area contributed by atoms with Crippen LogP contribution in [0.3, 0.4) is 0 Å². The molecule has 7 heteroatoms. The van der Waals surface area contributed by atoms with E-state index in [-0.39, 0.29) is 24.0 Å². The first kappa shape index (κ1) is 15.8. The van der Waals surface area contributed by atoms with Crippen molar-refractivity contribution in [2.45, 2.75) is 12.8 Å². The number of carbonyl (C=O) groups is 2. The van der Waals surface area contributed by atoms with Gasteiger partial charge in [-0.15, -0.1) is 0 Å². The second-order valence-electron chi connectivity index (χ2n) is 5.40. The average Bonchev–Trinajstić information content (AvgIpc) is 2.56. The fourth-order valence-corrected chi connectivity index (χ4v) is 2.76. The molecule has 0 aliphatic heterocycles. The number of rotatable bonds is 4. The Morgan fingerprint density at radius 2 is 2.04 bits per heavy atom. The minimum Gasteiger partial charge on any atom is -0.506 e. The molecule has 0 amide bonds. The Morgan fingerprint density at radius 1 is 1.33 bits per heavy atom. The first-order valence-electron chi connectivity index (χ1n) is 7.25. The largest absolute Gasteiger partial charge is 0.506 e. The van der Waals surface area contributed by atoms with Gasteiger partial charge in [0.15, 0.2) is 11.6 Å². The number of hydrogen-bond donors (Lipinski definition) is 2. The minimum atomic E-state index is -0.567. The predicted octanol–water partition coefficient (Wildman–Crippen LogP) is 1.86. The number of halogens is 1. The maximum absolute atomic E-state index is 13.7. The zero-order valence-electron chi connectivity index (χ0n) is 12.8. The lowest BCUT2D eigenvalue weighted by Gasteiger charge is -2.21. The maximum Gasteiger partial charge on any atom is 0.174 e. The number of allylic oxidation sites excluding steroid dienone is 1. The van der Waals surface area contributed by atoms with Crippen LogP contribution in [0.15, 0.2) is 36.4 Å². The van der Waals surface area contributed by atoms with E-state index in [4.69, 9.17) is 0 Å². The Balaban J connectivity index is 2.04. The molecule has 2 aromatic rings. The molecule has 0 saturated carbocycles. The number of ketones is 2. The van der Waals surface area contributed by atoms with E-state index in [2.05, 4.69) is 15.3 Å². The van der Waals surface area contributed by atoms with Gasteiger partial charge in [0.1, 0.15) is 23.5 Å². The molecule has 0 spiro atoms. The Bertz CT molecular complexity index is 863. The molecule has 1 aromatic carbocycles. The molecule has 0 bridgehead atoms. The lowest BCUT2D eigenvalue weighted by atomic mass is 9.85. The van der Waals surface area contributed by atoms with Gasteiger partial charge in [-0.05, 0) is 23.3 Å². The van der Waals surface area contributed by atoms with Crippen molar-refractivity contribution in [3.05, 3.63) is 58.9 Å². The highest BCUT2D eigenvalue weighted by Crippen LogP contribution is 2.34. The summed E-state index contributed by atoms with van der Waals surface area (Å²) in [6.07, 6.45) is 4.05. The van der Waals surface area contributed by atoms with Crippen LogP contribution in [0.4, 0.5) is 10.1 Å². The molecular formula is C17H14FN3O3. The molecular weight excluding hydrogens is 313 g/mol. The number of hydrogen-bond acceptors (Lipinski definition) is 6. The lowest BCUT2D eigenvalue weighted by Crippen LogP contribution is -2.24. The van der Waals surface area contributed by atoms with Crippen molar-refractivity contribution in [1.29, 1.82) is 0 Å². The minimum absolute atomic E-state index is 0.0811. The SMILES string of the molecule is CNc1cc(F)cc2c1CC(=O)C(C(=O)Cc1cncnc1)=C2O. The monoisotopic (exact) mass is 327 g/mol. The fourth-order valence-electron chi connectivity index (χ4n) is 2.76. The molecule has 122 valence electrons. The number of aromatic nitrogens is 2. The number of Topliss-reactive ketones (excluding diaryl/α,β-unsaturated/α-hetero) is 2. The summed E-state index contributed by atoms with van der Waals surface area (Å²) >= 11 is 0. The van der Waals surface area contributed by atoms with Crippen molar-refractivity contribution < 1.29 is 19.1 Å². The summed E-state index contributed by atoms with van der Waals surface area (Å²) in [5.74, 6) is -2.10. The first-order valence-corrected chi connectivity index (χ1v) is 7.25. The van der Waals surface area contributed by atoms with Crippen molar-refractivity contribution in [1.82, 2.24) is 9.97 Å². The highest BCUT2D eigenvalue weighted by atomic mass is 19.1. The number of nitrogens with zero attached hydrogens (tertiary/aromatic N) is 2. The van der Waals surface area contributed by atoms with E-state index in [1.54, 1.807) is 7.05 Å². The van der Waals surface area contributed by atoms with Gasteiger partial charge in [-0.2, -0.15) is 0 Å². The van der Waals surface area contributed by atoms with Gasteiger partial charge in [0, 0.05) is 43.5 Å². The summed E-state index contributed by atoms with van der Waals surface area (Å²) in [4.78, 5) is 32.4. The van der Waals surface area contributed by atoms with Crippen molar-refractivity contribution >= 4 is 23.0 Å². The topological polar surface area (TPSA) is 92.2 Å². The van der Waals surface area contributed by atoms with Gasteiger partial charge in [-0.3, -0.25) is 9.59 Å². The molecule has 0 unspecified atom stereocenters. The molecule has 0 radical (unpaired) electrons. The van der Waals surface area contributed by atoms with E-state index in [1.807, 2.05) is 0 Å². The molecule has 2 N–H and O–H groups in total. The van der Waals surface area contributed by atoms with Crippen molar-refractivity contribution in [2.24, 2.45) is 0 Å². The molecule has 0 saturated heterocycles. The third-order valence-electron chi connectivity index (χ3n) is 3.85. The molecule has 6 nitrogen and oxygen atoms in total. The van der Waals surface area contributed by atoms with Crippen LogP contribution in [0.5, 0.6) is 0 Å². The first-order chi connectivity index (χ1) is 11.5. The van der Waals surface area contributed by atoms with E-state index in [9.17, 15) is 19.1 Å². The summed E-state index contributed by atoms with van der Waals surface area (Å²) in [5.41, 5.74) is 1.26. The summed E-state index contributed by atoms with van der Waals surface area (Å²) in [7, 11) is 1.59. The molecule has 1 aromatic heterocycles. The second kappa shape index (κ2) is 6.19. The number of aliphatic hydroxyl groups excluding tert-OH is 1. The Labute approximate surface area is 137 Å². The Kier molecular flexibility index (Phi) is 4.07. The van der Waals surface area contributed by atoms with Crippen molar-refractivity contribution in [3.8, 4) is 0 Å². The van der Waals surface area contributed by atoms with Gasteiger partial charge in [0.2, 0.25) is 0 Å². The number of anilines is 1. The fraction of sp³-hybridized carbons (Fsp3) is 0.176. The van der Waals surface area contributed by atoms with Gasteiger partial charge in [0.05, 0.1) is 0 Å². The zero-order chi connectivity index (χ0) is 17.3. The van der Waals surface area contributed by atoms with Gasteiger partial charge in [-0.25, -0.2) is 14.4 Å². The van der Waals surface area contributed by atoms with E-state index in [1.165, 1.54) is 24.8 Å². The average molecular weight is 327 g/mol. The van der Waals surface area contributed by atoms with E-state index in [0.717, 1.165) is 6.07 Å². The molecule has 1 aliphatic rings. The van der Waals surface area contributed by atoms with E-state index < -0.39 is 23.1 Å². The quantitative estimate of drug-likeness (QED) is 0.833. The van der Waals surface area contributed by atoms with Crippen LogP contribution >= 0.6 is 0 Å². The summed E-state index contributed by atoms with van der Waals surface area (Å²) < 4.78 is 13.7. The highest BCUT2D eigenvalue weighted by Gasteiger charge is 2.32. The van der Waals surface area contributed by atoms with Crippen LogP contribution in [0.25, 0.3) is 5.76 Å². The zero-order valence-corrected chi connectivity index (χ0v) is 12.8. The van der Waals surface area contributed by atoms with Gasteiger partial charge >= 0.3 is 0 Å². The molecule has 24 heavy (non-hydrogen) atoms. The van der Waals surface area contributed by atoms with E-state index in [0.29, 0.717) is 16.8 Å². The molecule has 3 rings (SSSR count). The summed E-state index contributed by atoms with van der Waals surface area (Å²) in [6.45, 7) is 0. The smallest absolute Gasteiger partial charge is 0.174 e. The highest BCUT2D eigenvalue weighted by molar-refractivity contribution is 6.26. The number of benzene rings is 1. The van der Waals surface area contributed by atoms with Crippen LogP contribution in [-0.2, 0) is 22.4 Å². The molecule has 1 heterocycles. The van der Waals surface area contributed by atoms with Crippen LogP contribution in [0, 0.1) is 5.82 Å². The second-order valence-corrected chi connectivity index (χ2v) is 5.40. The van der Waals surface area contributed by atoms with Crippen molar-refractivity contribution in [2.75, 3.05) is 12.4 Å². The number of nitrogens with one attached hydrogen (secondary N) is 1. The van der Waals surface area contributed by atoms with Gasteiger partial charge < -0.3 is 10.4 Å².